The van der Waals surface area contributed by atoms with Crippen molar-refractivity contribution in [3.8, 4) is 0 Å². The Morgan fingerprint density at radius 2 is 1.96 bits per heavy atom. The third-order valence-electron chi connectivity index (χ3n) is 6.07. The summed E-state index contributed by atoms with van der Waals surface area (Å²) in [7, 11) is 0. The van der Waals surface area contributed by atoms with Crippen molar-refractivity contribution in [2.24, 2.45) is 0 Å². The zero-order chi connectivity index (χ0) is 18.1. The predicted octanol–water partition coefficient (Wildman–Crippen LogP) is 5.91. The van der Waals surface area contributed by atoms with Crippen molar-refractivity contribution >= 4 is 6.08 Å². The number of aryl methyl sites for hydroxylation is 2. The molecule has 2 atom stereocenters. The number of benzene rings is 2. The SMILES string of the molecule is Cc1cccc(CN2C(C)CCCC2C2=Cc3cc(F)ccc3CC2)c1. The summed E-state index contributed by atoms with van der Waals surface area (Å²) >= 11 is 0. The molecule has 0 spiro atoms. The second kappa shape index (κ2) is 7.36. The summed E-state index contributed by atoms with van der Waals surface area (Å²) in [6.07, 6.45) is 8.16. The molecule has 136 valence electrons. The van der Waals surface area contributed by atoms with Crippen LogP contribution in [0.2, 0.25) is 0 Å². The molecule has 0 bridgehead atoms. The van der Waals surface area contributed by atoms with Crippen LogP contribution in [0.3, 0.4) is 0 Å². The first-order valence-electron chi connectivity index (χ1n) is 9.90. The van der Waals surface area contributed by atoms with Gasteiger partial charge in [0.2, 0.25) is 0 Å². The number of rotatable bonds is 3. The van der Waals surface area contributed by atoms with Crippen molar-refractivity contribution in [2.45, 2.75) is 64.6 Å². The molecule has 0 aromatic heterocycles. The molecule has 2 heteroatoms. The van der Waals surface area contributed by atoms with Gasteiger partial charge in [0.15, 0.2) is 0 Å². The third kappa shape index (κ3) is 3.61. The molecule has 0 N–H and O–H groups in total. The van der Waals surface area contributed by atoms with Crippen LogP contribution >= 0.6 is 0 Å². The average molecular weight is 349 g/mol. The molecule has 0 amide bonds. The Kier molecular flexibility index (Phi) is 4.95. The lowest BCUT2D eigenvalue weighted by Crippen LogP contribution is -2.45. The highest BCUT2D eigenvalue weighted by molar-refractivity contribution is 5.60. The quantitative estimate of drug-likeness (QED) is 0.666. The Morgan fingerprint density at radius 1 is 1.08 bits per heavy atom. The van der Waals surface area contributed by atoms with Crippen molar-refractivity contribution in [1.29, 1.82) is 0 Å². The van der Waals surface area contributed by atoms with Crippen LogP contribution in [-0.2, 0) is 13.0 Å². The van der Waals surface area contributed by atoms with Gasteiger partial charge in [-0.2, -0.15) is 0 Å². The lowest BCUT2D eigenvalue weighted by molar-refractivity contribution is 0.103. The number of piperidine rings is 1. The van der Waals surface area contributed by atoms with Gasteiger partial charge in [0.25, 0.3) is 0 Å². The second-order valence-electron chi connectivity index (χ2n) is 8.02. The predicted molar refractivity (Wildman–Crippen MR) is 107 cm³/mol. The monoisotopic (exact) mass is 349 g/mol. The van der Waals surface area contributed by atoms with Crippen molar-refractivity contribution in [3.05, 3.63) is 76.1 Å². The van der Waals surface area contributed by atoms with E-state index < -0.39 is 0 Å². The van der Waals surface area contributed by atoms with Gasteiger partial charge in [-0.05, 0) is 68.4 Å². The smallest absolute Gasteiger partial charge is 0.123 e. The van der Waals surface area contributed by atoms with Crippen LogP contribution in [0.15, 0.2) is 48.0 Å². The molecule has 26 heavy (non-hydrogen) atoms. The van der Waals surface area contributed by atoms with Crippen LogP contribution in [-0.4, -0.2) is 17.0 Å². The highest BCUT2D eigenvalue weighted by atomic mass is 19.1. The summed E-state index contributed by atoms with van der Waals surface area (Å²) in [5.74, 6) is -0.130. The number of halogens is 1. The molecule has 1 saturated heterocycles. The lowest BCUT2D eigenvalue weighted by atomic mass is 9.83. The summed E-state index contributed by atoms with van der Waals surface area (Å²) < 4.78 is 13.7. The van der Waals surface area contributed by atoms with E-state index in [0.717, 1.165) is 24.9 Å². The van der Waals surface area contributed by atoms with Crippen LogP contribution < -0.4 is 0 Å². The zero-order valence-corrected chi connectivity index (χ0v) is 15.8. The molecule has 2 aromatic carbocycles. The number of nitrogens with zero attached hydrogens (tertiary/aromatic N) is 1. The average Bonchev–Trinajstić information content (AvgIpc) is 2.63. The Balaban J connectivity index is 1.63. The first-order chi connectivity index (χ1) is 12.6. The molecule has 2 unspecified atom stereocenters. The van der Waals surface area contributed by atoms with Crippen LogP contribution in [0.4, 0.5) is 4.39 Å². The fourth-order valence-electron chi connectivity index (χ4n) is 4.67. The topological polar surface area (TPSA) is 3.24 Å². The highest BCUT2D eigenvalue weighted by Gasteiger charge is 2.31. The minimum atomic E-state index is -0.130. The van der Waals surface area contributed by atoms with Crippen molar-refractivity contribution in [2.75, 3.05) is 0 Å². The Morgan fingerprint density at radius 3 is 2.81 bits per heavy atom. The zero-order valence-electron chi connectivity index (χ0n) is 15.8. The van der Waals surface area contributed by atoms with Gasteiger partial charge < -0.3 is 0 Å². The van der Waals surface area contributed by atoms with Crippen molar-refractivity contribution in [1.82, 2.24) is 4.90 Å². The fourth-order valence-corrected chi connectivity index (χ4v) is 4.67. The normalized spacial score (nSPS) is 23.4. The largest absolute Gasteiger partial charge is 0.290 e. The summed E-state index contributed by atoms with van der Waals surface area (Å²) in [5.41, 5.74) is 6.57. The summed E-state index contributed by atoms with van der Waals surface area (Å²) in [6.45, 7) is 5.52. The molecule has 1 nitrogen and oxygen atoms in total. The maximum atomic E-state index is 13.7. The molecule has 2 aliphatic rings. The molecule has 4 rings (SSSR count). The van der Waals surface area contributed by atoms with E-state index in [0.29, 0.717) is 12.1 Å². The Bertz CT molecular complexity index is 823. The standard InChI is InChI=1S/C24H28FN/c1-17-5-3-7-19(13-17)16-26-18(2)6-4-8-24(26)21-10-9-20-11-12-23(25)15-22(20)14-21/h3,5,7,11-15,18,24H,4,6,8-10,16H2,1-2H3. The first-order valence-corrected chi connectivity index (χ1v) is 9.90. The summed E-state index contributed by atoms with van der Waals surface area (Å²) in [4.78, 5) is 2.67. The van der Waals surface area contributed by atoms with Crippen molar-refractivity contribution in [3.63, 3.8) is 0 Å². The van der Waals surface area contributed by atoms with E-state index in [-0.39, 0.29) is 5.82 Å². The van der Waals surface area contributed by atoms with E-state index in [4.69, 9.17) is 0 Å². The molecule has 1 aliphatic carbocycles. The van der Waals surface area contributed by atoms with E-state index in [9.17, 15) is 4.39 Å². The van der Waals surface area contributed by atoms with E-state index >= 15 is 0 Å². The molecular formula is C24H28FN. The Hall–Kier alpha value is -1.93. The first kappa shape index (κ1) is 17.5. The maximum Gasteiger partial charge on any atom is 0.123 e. The molecule has 1 fully saturated rings. The third-order valence-corrected chi connectivity index (χ3v) is 6.07. The van der Waals surface area contributed by atoms with Gasteiger partial charge in [-0.25, -0.2) is 4.39 Å². The molecule has 2 aromatic rings. The number of fused-ring (bicyclic) bond motifs is 1. The van der Waals surface area contributed by atoms with Gasteiger partial charge in [-0.15, -0.1) is 0 Å². The minimum Gasteiger partial charge on any atom is -0.290 e. The number of likely N-dealkylation sites (tertiary alicyclic amines) is 1. The van der Waals surface area contributed by atoms with Crippen LogP contribution in [0.25, 0.3) is 6.08 Å². The Labute approximate surface area is 156 Å². The summed E-state index contributed by atoms with van der Waals surface area (Å²) in [6, 6.07) is 15.2. The van der Waals surface area contributed by atoms with Gasteiger partial charge in [0.1, 0.15) is 5.82 Å². The molecule has 1 aliphatic heterocycles. The molecular weight excluding hydrogens is 321 g/mol. The number of hydrogen-bond donors (Lipinski definition) is 0. The molecule has 1 heterocycles. The van der Waals surface area contributed by atoms with Crippen LogP contribution in [0.5, 0.6) is 0 Å². The molecule has 0 saturated carbocycles. The minimum absolute atomic E-state index is 0.130. The van der Waals surface area contributed by atoms with Gasteiger partial charge in [-0.1, -0.05) is 54.0 Å². The van der Waals surface area contributed by atoms with E-state index in [2.05, 4.69) is 49.1 Å². The molecule has 0 radical (unpaired) electrons. The van der Waals surface area contributed by atoms with Crippen LogP contribution in [0, 0.1) is 12.7 Å². The summed E-state index contributed by atoms with van der Waals surface area (Å²) in [5, 5.41) is 0. The lowest BCUT2D eigenvalue weighted by Gasteiger charge is -2.43. The number of hydrogen-bond acceptors (Lipinski definition) is 1. The van der Waals surface area contributed by atoms with Gasteiger partial charge in [0, 0.05) is 18.6 Å². The van der Waals surface area contributed by atoms with Gasteiger partial charge in [0.05, 0.1) is 0 Å². The van der Waals surface area contributed by atoms with E-state index in [1.807, 2.05) is 6.07 Å². The fraction of sp³-hybridized carbons (Fsp3) is 0.417. The maximum absolute atomic E-state index is 13.7. The van der Waals surface area contributed by atoms with Crippen molar-refractivity contribution < 1.29 is 4.39 Å². The highest BCUT2D eigenvalue weighted by Crippen LogP contribution is 2.35. The van der Waals surface area contributed by atoms with Gasteiger partial charge >= 0.3 is 0 Å². The van der Waals surface area contributed by atoms with E-state index in [1.54, 1.807) is 12.1 Å². The van der Waals surface area contributed by atoms with Crippen LogP contribution in [0.1, 0.15) is 54.9 Å². The second-order valence-corrected chi connectivity index (χ2v) is 8.02. The van der Waals surface area contributed by atoms with Gasteiger partial charge in [-0.3, -0.25) is 4.90 Å². The van der Waals surface area contributed by atoms with E-state index in [1.165, 1.54) is 41.5 Å².